The molecule has 0 aromatic carbocycles. The van der Waals surface area contributed by atoms with Crippen LogP contribution in [0.5, 0.6) is 0 Å². The molecule has 0 saturated carbocycles. The maximum Gasteiger partial charge on any atom is 0.301 e. The summed E-state index contributed by atoms with van der Waals surface area (Å²) in [4.78, 5) is 0. The van der Waals surface area contributed by atoms with Crippen LogP contribution in [0.1, 0.15) is 6.42 Å². The Morgan fingerprint density at radius 1 is 1.54 bits per heavy atom. The third kappa shape index (κ3) is 1.72. The minimum Gasteiger partial charge on any atom is -0.394 e. The minimum absolute atomic E-state index is 0.0411. The van der Waals surface area contributed by atoms with Gasteiger partial charge < -0.3 is 14.9 Å². The molecule has 1 aliphatic heterocycles. The van der Waals surface area contributed by atoms with Crippen LogP contribution < -0.4 is 0 Å². The van der Waals surface area contributed by atoms with Crippen molar-refractivity contribution in [2.24, 2.45) is 0 Å². The largest absolute Gasteiger partial charge is 0.394 e. The molecule has 1 heterocycles. The fourth-order valence-electron chi connectivity index (χ4n) is 1.32. The van der Waals surface area contributed by atoms with Crippen LogP contribution in [0.15, 0.2) is 12.7 Å². The highest BCUT2D eigenvalue weighted by molar-refractivity contribution is 4.99. The molecule has 1 aliphatic rings. The SMILES string of the molecule is C=CCC1O[C@H](CO)[C@@H](O)C1(F)F. The van der Waals surface area contributed by atoms with E-state index in [1.807, 2.05) is 0 Å². The molecule has 0 radical (unpaired) electrons. The molecule has 5 heteroatoms. The van der Waals surface area contributed by atoms with Crippen LogP contribution in [0.2, 0.25) is 0 Å². The lowest BCUT2D eigenvalue weighted by Gasteiger charge is -2.17. The van der Waals surface area contributed by atoms with Gasteiger partial charge in [-0.15, -0.1) is 6.58 Å². The van der Waals surface area contributed by atoms with E-state index in [4.69, 9.17) is 14.9 Å². The van der Waals surface area contributed by atoms with Crippen LogP contribution in [-0.4, -0.2) is 41.1 Å². The number of hydrogen-bond acceptors (Lipinski definition) is 3. The number of aliphatic hydroxyl groups is 2. The van der Waals surface area contributed by atoms with Crippen molar-refractivity contribution < 1.29 is 23.7 Å². The van der Waals surface area contributed by atoms with E-state index in [-0.39, 0.29) is 6.42 Å². The molecule has 3 nitrogen and oxygen atoms in total. The molecule has 1 fully saturated rings. The van der Waals surface area contributed by atoms with Crippen molar-refractivity contribution in [2.75, 3.05) is 6.61 Å². The van der Waals surface area contributed by atoms with Crippen molar-refractivity contribution in [1.29, 1.82) is 0 Å². The summed E-state index contributed by atoms with van der Waals surface area (Å²) in [5.41, 5.74) is 0. The molecule has 1 saturated heterocycles. The van der Waals surface area contributed by atoms with Crippen LogP contribution in [0.4, 0.5) is 8.78 Å². The second kappa shape index (κ2) is 3.69. The number of aliphatic hydroxyl groups excluding tert-OH is 2. The molecule has 2 N–H and O–H groups in total. The smallest absolute Gasteiger partial charge is 0.301 e. The maximum atomic E-state index is 13.1. The zero-order valence-electron chi connectivity index (χ0n) is 6.99. The van der Waals surface area contributed by atoms with Gasteiger partial charge >= 0.3 is 5.92 Å². The van der Waals surface area contributed by atoms with E-state index < -0.39 is 30.8 Å². The van der Waals surface area contributed by atoms with Gasteiger partial charge in [0.05, 0.1) is 6.61 Å². The first-order valence-electron chi connectivity index (χ1n) is 3.97. The summed E-state index contributed by atoms with van der Waals surface area (Å²) in [5.74, 6) is -3.30. The van der Waals surface area contributed by atoms with Crippen molar-refractivity contribution in [3.63, 3.8) is 0 Å². The van der Waals surface area contributed by atoms with E-state index >= 15 is 0 Å². The Hall–Kier alpha value is -0.520. The van der Waals surface area contributed by atoms with E-state index in [0.717, 1.165) is 0 Å². The molecular weight excluding hydrogens is 182 g/mol. The van der Waals surface area contributed by atoms with Gasteiger partial charge in [0.1, 0.15) is 18.3 Å². The molecule has 0 spiro atoms. The first kappa shape index (κ1) is 10.6. The average molecular weight is 194 g/mol. The fraction of sp³-hybridized carbons (Fsp3) is 0.750. The van der Waals surface area contributed by atoms with Gasteiger partial charge in [0.15, 0.2) is 0 Å². The Bertz CT molecular complexity index is 196. The summed E-state index contributed by atoms with van der Waals surface area (Å²) < 4.78 is 30.9. The van der Waals surface area contributed by atoms with Gasteiger partial charge in [-0.1, -0.05) is 6.08 Å². The number of hydrogen-bond donors (Lipinski definition) is 2. The molecule has 3 atom stereocenters. The molecule has 0 amide bonds. The standard InChI is InChI=1S/C8H12F2O3/c1-2-3-6-8(9,10)7(12)5(4-11)13-6/h2,5-7,11-12H,1,3-4H2/t5-,6?,7-/m1/s1. The van der Waals surface area contributed by atoms with Gasteiger partial charge in [0.2, 0.25) is 0 Å². The lowest BCUT2D eigenvalue weighted by molar-refractivity contribution is -0.110. The summed E-state index contributed by atoms with van der Waals surface area (Å²) in [6.45, 7) is 2.70. The average Bonchev–Trinajstić information content (AvgIpc) is 2.29. The maximum absolute atomic E-state index is 13.1. The Morgan fingerprint density at radius 2 is 2.15 bits per heavy atom. The molecular formula is C8H12F2O3. The fourth-order valence-corrected chi connectivity index (χ4v) is 1.32. The lowest BCUT2D eigenvalue weighted by atomic mass is 10.0. The molecule has 0 aromatic heterocycles. The zero-order chi connectivity index (χ0) is 10.1. The Morgan fingerprint density at radius 3 is 2.54 bits per heavy atom. The van der Waals surface area contributed by atoms with Crippen molar-refractivity contribution in [1.82, 2.24) is 0 Å². The highest BCUT2D eigenvalue weighted by Crippen LogP contribution is 2.37. The van der Waals surface area contributed by atoms with E-state index in [1.165, 1.54) is 6.08 Å². The Balaban J connectivity index is 2.73. The van der Waals surface area contributed by atoms with Crippen LogP contribution in [0.3, 0.4) is 0 Å². The number of ether oxygens (including phenoxy) is 1. The van der Waals surface area contributed by atoms with Crippen molar-refractivity contribution >= 4 is 0 Å². The zero-order valence-corrected chi connectivity index (χ0v) is 6.99. The topological polar surface area (TPSA) is 49.7 Å². The van der Waals surface area contributed by atoms with Crippen molar-refractivity contribution in [3.8, 4) is 0 Å². The molecule has 76 valence electrons. The lowest BCUT2D eigenvalue weighted by Crippen LogP contribution is -2.40. The first-order valence-corrected chi connectivity index (χ1v) is 3.97. The van der Waals surface area contributed by atoms with Crippen LogP contribution in [-0.2, 0) is 4.74 Å². The van der Waals surface area contributed by atoms with Gasteiger partial charge in [-0.25, -0.2) is 8.78 Å². The number of alkyl halides is 2. The van der Waals surface area contributed by atoms with E-state index in [1.54, 1.807) is 0 Å². The van der Waals surface area contributed by atoms with Gasteiger partial charge in [0.25, 0.3) is 0 Å². The monoisotopic (exact) mass is 194 g/mol. The van der Waals surface area contributed by atoms with Crippen molar-refractivity contribution in [2.45, 2.75) is 30.7 Å². The Kier molecular flexibility index (Phi) is 3.00. The van der Waals surface area contributed by atoms with Crippen LogP contribution in [0, 0.1) is 0 Å². The summed E-state index contributed by atoms with van der Waals surface area (Å²) in [5, 5.41) is 17.7. The molecule has 13 heavy (non-hydrogen) atoms. The predicted octanol–water partition coefficient (Wildman–Crippen LogP) is 0.318. The number of rotatable bonds is 3. The van der Waals surface area contributed by atoms with E-state index in [2.05, 4.69) is 6.58 Å². The molecule has 0 aromatic rings. The quantitative estimate of drug-likeness (QED) is 0.636. The minimum atomic E-state index is -3.30. The molecule has 1 rings (SSSR count). The van der Waals surface area contributed by atoms with Gasteiger partial charge in [-0.2, -0.15) is 0 Å². The van der Waals surface area contributed by atoms with Gasteiger partial charge in [-0.3, -0.25) is 0 Å². The normalized spacial score (nSPS) is 37.7. The van der Waals surface area contributed by atoms with E-state index in [0.29, 0.717) is 0 Å². The molecule has 0 bridgehead atoms. The first-order chi connectivity index (χ1) is 6.04. The highest BCUT2D eigenvalue weighted by atomic mass is 19.3. The third-order valence-corrected chi connectivity index (χ3v) is 2.08. The van der Waals surface area contributed by atoms with Crippen LogP contribution in [0.25, 0.3) is 0 Å². The summed E-state index contributed by atoms with van der Waals surface area (Å²) in [6, 6.07) is 0. The number of halogens is 2. The van der Waals surface area contributed by atoms with Gasteiger partial charge in [-0.05, 0) is 6.42 Å². The summed E-state index contributed by atoms with van der Waals surface area (Å²) >= 11 is 0. The summed E-state index contributed by atoms with van der Waals surface area (Å²) in [7, 11) is 0. The molecule has 0 aliphatic carbocycles. The van der Waals surface area contributed by atoms with Crippen LogP contribution >= 0.6 is 0 Å². The highest BCUT2D eigenvalue weighted by Gasteiger charge is 2.57. The van der Waals surface area contributed by atoms with Gasteiger partial charge in [0, 0.05) is 0 Å². The second-order valence-electron chi connectivity index (χ2n) is 2.99. The third-order valence-electron chi connectivity index (χ3n) is 2.08. The summed E-state index contributed by atoms with van der Waals surface area (Å²) in [6.07, 6.45) is -3.24. The van der Waals surface area contributed by atoms with Crippen molar-refractivity contribution in [3.05, 3.63) is 12.7 Å². The predicted molar refractivity (Wildman–Crippen MR) is 41.5 cm³/mol. The van der Waals surface area contributed by atoms with E-state index in [9.17, 15) is 8.78 Å². The second-order valence-corrected chi connectivity index (χ2v) is 2.99. The Labute approximate surface area is 74.6 Å². The molecule has 1 unspecified atom stereocenters.